The largest absolute Gasteiger partial charge is 0.386 e. The topological polar surface area (TPSA) is 33.1 Å². The molecule has 1 atom stereocenters. The molecule has 0 spiro atoms. The van der Waals surface area contributed by atoms with Crippen molar-refractivity contribution in [1.29, 1.82) is 0 Å². The minimum Gasteiger partial charge on any atom is -0.386 e. The standard InChI is InChI=1S/C15H11Br2NOS/c16-11-7-9-3-1-2-4-12(9)18-15(11)13(19)8-10-5-6-14(17)20-10/h1-7,13,19H,8H2. The van der Waals surface area contributed by atoms with Crippen LogP contribution in [0.1, 0.15) is 16.7 Å². The fraction of sp³-hybridized carbons (Fsp3) is 0.133. The highest BCUT2D eigenvalue weighted by Gasteiger charge is 2.16. The molecule has 20 heavy (non-hydrogen) atoms. The van der Waals surface area contributed by atoms with Gasteiger partial charge in [-0.1, -0.05) is 18.2 Å². The van der Waals surface area contributed by atoms with Crippen LogP contribution in [0.3, 0.4) is 0 Å². The van der Waals surface area contributed by atoms with Gasteiger partial charge in [0.05, 0.1) is 15.0 Å². The molecular formula is C15H11Br2NOS. The Morgan fingerprint density at radius 3 is 2.70 bits per heavy atom. The molecule has 1 N–H and O–H groups in total. The first-order chi connectivity index (χ1) is 9.63. The zero-order chi connectivity index (χ0) is 14.1. The molecule has 0 aliphatic carbocycles. The first-order valence-electron chi connectivity index (χ1n) is 6.11. The summed E-state index contributed by atoms with van der Waals surface area (Å²) < 4.78 is 1.92. The van der Waals surface area contributed by atoms with Crippen molar-refractivity contribution in [2.24, 2.45) is 0 Å². The maximum atomic E-state index is 10.4. The molecule has 102 valence electrons. The number of halogens is 2. The molecule has 0 saturated carbocycles. The Balaban J connectivity index is 1.94. The van der Waals surface area contributed by atoms with E-state index in [1.807, 2.05) is 42.5 Å². The number of hydrogen-bond acceptors (Lipinski definition) is 3. The summed E-state index contributed by atoms with van der Waals surface area (Å²) in [5, 5.41) is 11.5. The van der Waals surface area contributed by atoms with Gasteiger partial charge in [-0.25, -0.2) is 4.98 Å². The highest BCUT2D eigenvalue weighted by atomic mass is 79.9. The monoisotopic (exact) mass is 411 g/mol. The Hall–Kier alpha value is -0.750. The maximum absolute atomic E-state index is 10.4. The van der Waals surface area contributed by atoms with Crippen molar-refractivity contribution < 1.29 is 5.11 Å². The molecule has 0 radical (unpaired) electrons. The Morgan fingerprint density at radius 1 is 1.15 bits per heavy atom. The molecule has 2 aromatic heterocycles. The average Bonchev–Trinajstić information content (AvgIpc) is 2.83. The van der Waals surface area contributed by atoms with E-state index in [-0.39, 0.29) is 0 Å². The second kappa shape index (κ2) is 5.93. The van der Waals surface area contributed by atoms with Crippen LogP contribution in [-0.4, -0.2) is 10.1 Å². The molecule has 0 fully saturated rings. The third kappa shape index (κ3) is 2.96. The number of benzene rings is 1. The van der Waals surface area contributed by atoms with Gasteiger partial charge in [-0.2, -0.15) is 0 Å². The van der Waals surface area contributed by atoms with Crippen molar-refractivity contribution in [3.8, 4) is 0 Å². The molecular weight excluding hydrogens is 402 g/mol. The lowest BCUT2D eigenvalue weighted by molar-refractivity contribution is 0.174. The smallest absolute Gasteiger partial charge is 0.102 e. The fourth-order valence-electron chi connectivity index (χ4n) is 2.09. The number of aliphatic hydroxyl groups excluding tert-OH is 1. The lowest BCUT2D eigenvalue weighted by Crippen LogP contribution is -2.04. The number of pyridine rings is 1. The quantitative estimate of drug-likeness (QED) is 0.649. The summed E-state index contributed by atoms with van der Waals surface area (Å²) in [7, 11) is 0. The number of fused-ring (bicyclic) bond motifs is 1. The molecule has 0 bridgehead atoms. The number of thiophene rings is 1. The number of aliphatic hydroxyl groups is 1. The number of rotatable bonds is 3. The Morgan fingerprint density at radius 2 is 1.95 bits per heavy atom. The number of para-hydroxylation sites is 1. The van der Waals surface area contributed by atoms with E-state index >= 15 is 0 Å². The Kier molecular flexibility index (Phi) is 4.21. The van der Waals surface area contributed by atoms with Crippen LogP contribution in [0.5, 0.6) is 0 Å². The lowest BCUT2D eigenvalue weighted by Gasteiger charge is -2.12. The molecule has 0 aliphatic heterocycles. The molecule has 0 aliphatic rings. The van der Waals surface area contributed by atoms with E-state index in [2.05, 4.69) is 36.8 Å². The fourth-order valence-corrected chi connectivity index (χ4v) is 4.21. The van der Waals surface area contributed by atoms with Crippen LogP contribution in [0, 0.1) is 0 Å². The van der Waals surface area contributed by atoms with E-state index in [0.717, 1.165) is 24.0 Å². The Bertz CT molecular complexity index is 756. The van der Waals surface area contributed by atoms with Gasteiger partial charge in [0.2, 0.25) is 0 Å². The first-order valence-corrected chi connectivity index (χ1v) is 8.51. The normalized spacial score (nSPS) is 12.8. The summed E-state index contributed by atoms with van der Waals surface area (Å²) in [4.78, 5) is 5.70. The van der Waals surface area contributed by atoms with Crippen LogP contribution >= 0.6 is 43.2 Å². The molecule has 3 rings (SSSR count). The van der Waals surface area contributed by atoms with Crippen LogP contribution in [0.4, 0.5) is 0 Å². The Labute approximate surface area is 137 Å². The van der Waals surface area contributed by atoms with Gasteiger partial charge >= 0.3 is 0 Å². The highest BCUT2D eigenvalue weighted by molar-refractivity contribution is 9.11. The second-order valence-electron chi connectivity index (χ2n) is 4.47. The number of aromatic nitrogens is 1. The van der Waals surface area contributed by atoms with Gasteiger partial charge in [0, 0.05) is 21.2 Å². The summed E-state index contributed by atoms with van der Waals surface area (Å²) in [6.07, 6.45) is -0.0419. The minimum atomic E-state index is -0.612. The van der Waals surface area contributed by atoms with E-state index in [1.165, 1.54) is 0 Å². The van der Waals surface area contributed by atoms with Gasteiger partial charge < -0.3 is 5.11 Å². The maximum Gasteiger partial charge on any atom is 0.102 e. The summed E-state index contributed by atoms with van der Waals surface area (Å²) in [6, 6.07) is 13.9. The number of nitrogens with zero attached hydrogens (tertiary/aromatic N) is 1. The molecule has 1 aromatic carbocycles. The second-order valence-corrected chi connectivity index (χ2v) is 7.88. The van der Waals surface area contributed by atoms with Gasteiger partial charge in [0.1, 0.15) is 6.10 Å². The van der Waals surface area contributed by atoms with Crippen molar-refractivity contribution in [3.63, 3.8) is 0 Å². The van der Waals surface area contributed by atoms with Crippen molar-refractivity contribution in [2.75, 3.05) is 0 Å². The van der Waals surface area contributed by atoms with Crippen molar-refractivity contribution >= 4 is 54.1 Å². The average molecular weight is 413 g/mol. The molecule has 3 aromatic rings. The zero-order valence-electron chi connectivity index (χ0n) is 10.4. The SMILES string of the molecule is OC(Cc1ccc(Br)s1)c1nc2ccccc2cc1Br. The van der Waals surface area contributed by atoms with Gasteiger partial charge in [0.15, 0.2) is 0 Å². The van der Waals surface area contributed by atoms with Crippen molar-refractivity contribution in [3.05, 3.63) is 61.3 Å². The van der Waals surface area contributed by atoms with E-state index < -0.39 is 6.10 Å². The van der Waals surface area contributed by atoms with E-state index in [1.54, 1.807) is 11.3 Å². The summed E-state index contributed by atoms with van der Waals surface area (Å²) >= 11 is 8.58. The van der Waals surface area contributed by atoms with Gasteiger partial charge in [-0.3, -0.25) is 0 Å². The molecule has 0 saturated heterocycles. The molecule has 2 heterocycles. The summed E-state index contributed by atoms with van der Waals surface area (Å²) in [5.41, 5.74) is 1.59. The molecule has 2 nitrogen and oxygen atoms in total. The third-order valence-corrected chi connectivity index (χ3v) is 5.32. The molecule has 1 unspecified atom stereocenters. The first kappa shape index (κ1) is 14.2. The lowest BCUT2D eigenvalue weighted by atomic mass is 10.1. The zero-order valence-corrected chi connectivity index (χ0v) is 14.4. The molecule has 0 amide bonds. The van der Waals surface area contributed by atoms with Gasteiger partial charge in [0.25, 0.3) is 0 Å². The predicted molar refractivity (Wildman–Crippen MR) is 90.1 cm³/mol. The van der Waals surface area contributed by atoms with Crippen LogP contribution in [0.2, 0.25) is 0 Å². The van der Waals surface area contributed by atoms with E-state index in [4.69, 9.17) is 0 Å². The van der Waals surface area contributed by atoms with Crippen molar-refractivity contribution in [2.45, 2.75) is 12.5 Å². The van der Waals surface area contributed by atoms with Crippen LogP contribution in [-0.2, 0) is 6.42 Å². The van der Waals surface area contributed by atoms with Crippen LogP contribution in [0.25, 0.3) is 10.9 Å². The van der Waals surface area contributed by atoms with Crippen LogP contribution in [0.15, 0.2) is 50.7 Å². The van der Waals surface area contributed by atoms with E-state index in [9.17, 15) is 5.11 Å². The van der Waals surface area contributed by atoms with Gasteiger partial charge in [-0.15, -0.1) is 11.3 Å². The van der Waals surface area contributed by atoms with Crippen LogP contribution < -0.4 is 0 Å². The molecule has 5 heteroatoms. The number of hydrogen-bond donors (Lipinski definition) is 1. The summed E-state index contributed by atoms with van der Waals surface area (Å²) in [6.45, 7) is 0. The predicted octanol–water partition coefficient (Wildman–Crippen LogP) is 5.10. The highest BCUT2D eigenvalue weighted by Crippen LogP contribution is 2.30. The third-order valence-electron chi connectivity index (χ3n) is 3.04. The van der Waals surface area contributed by atoms with E-state index in [0.29, 0.717) is 12.1 Å². The summed E-state index contributed by atoms with van der Waals surface area (Å²) in [5.74, 6) is 0. The minimum absolute atomic E-state index is 0.570. The van der Waals surface area contributed by atoms with Gasteiger partial charge in [-0.05, 0) is 56.1 Å². The van der Waals surface area contributed by atoms with Crippen molar-refractivity contribution in [1.82, 2.24) is 4.98 Å².